The van der Waals surface area contributed by atoms with E-state index in [0.717, 1.165) is 30.5 Å². The molecule has 6 heteroatoms. The van der Waals surface area contributed by atoms with Gasteiger partial charge in [-0.25, -0.2) is 4.79 Å². The van der Waals surface area contributed by atoms with E-state index in [1.54, 1.807) is 0 Å². The number of rotatable bonds is 11. The van der Waals surface area contributed by atoms with Crippen LogP contribution in [0, 0.1) is 18.8 Å². The third-order valence-corrected chi connectivity index (χ3v) is 5.08. The number of phenolic OH excluding ortho intramolecular Hbond substituents is 1. The van der Waals surface area contributed by atoms with Crippen molar-refractivity contribution in [3.63, 3.8) is 0 Å². The predicted molar refractivity (Wildman–Crippen MR) is 123 cm³/mol. The Labute approximate surface area is 185 Å². The number of aromatic hydroxyl groups is 1. The molecule has 0 fully saturated rings. The van der Waals surface area contributed by atoms with Crippen LogP contribution in [0.4, 0.5) is 0 Å². The zero-order valence-electron chi connectivity index (χ0n) is 19.8. The van der Waals surface area contributed by atoms with Crippen molar-refractivity contribution in [1.82, 2.24) is 4.90 Å². The second-order valence-corrected chi connectivity index (χ2v) is 9.19. The molecule has 0 saturated carbocycles. The average Bonchev–Trinajstić information content (AvgIpc) is 2.66. The maximum absolute atomic E-state index is 12.1. The molecule has 0 spiro atoms. The first kappa shape index (κ1) is 24.9. The largest absolute Gasteiger partial charge is 0.507 e. The second-order valence-electron chi connectivity index (χ2n) is 9.19. The molecule has 1 heterocycles. The Morgan fingerprint density at radius 1 is 1.16 bits per heavy atom. The number of carbonyl (C=O) groups excluding carboxylic acids is 1. The van der Waals surface area contributed by atoms with Crippen LogP contribution in [0.2, 0.25) is 0 Å². The van der Waals surface area contributed by atoms with Crippen LogP contribution in [0.15, 0.2) is 21.3 Å². The summed E-state index contributed by atoms with van der Waals surface area (Å²) in [5.74, 6) is 0.734. The van der Waals surface area contributed by atoms with Gasteiger partial charge >= 0.3 is 11.6 Å². The molecule has 31 heavy (non-hydrogen) atoms. The summed E-state index contributed by atoms with van der Waals surface area (Å²) in [5.41, 5.74) is 2.07. The average molecular weight is 432 g/mol. The normalized spacial score (nSPS) is 11.8. The smallest absolute Gasteiger partial charge is 0.336 e. The van der Waals surface area contributed by atoms with Gasteiger partial charge in [0.05, 0.1) is 12.2 Å². The van der Waals surface area contributed by atoms with Gasteiger partial charge in [-0.3, -0.25) is 9.69 Å². The summed E-state index contributed by atoms with van der Waals surface area (Å²) in [4.78, 5) is 26.4. The van der Waals surface area contributed by atoms with Crippen LogP contribution in [0.3, 0.4) is 0 Å². The van der Waals surface area contributed by atoms with Gasteiger partial charge < -0.3 is 14.3 Å². The van der Waals surface area contributed by atoms with Gasteiger partial charge in [0.25, 0.3) is 0 Å². The maximum Gasteiger partial charge on any atom is 0.336 e. The van der Waals surface area contributed by atoms with Crippen LogP contribution in [0.5, 0.6) is 5.75 Å². The molecule has 0 saturated heterocycles. The Bertz CT molecular complexity index is 935. The third-order valence-electron chi connectivity index (χ3n) is 5.08. The van der Waals surface area contributed by atoms with E-state index in [2.05, 4.69) is 32.6 Å². The molecule has 1 aromatic carbocycles. The van der Waals surface area contributed by atoms with Crippen molar-refractivity contribution in [3.05, 3.63) is 39.2 Å². The molecule has 0 aliphatic carbocycles. The lowest BCUT2D eigenvalue weighted by Crippen LogP contribution is -2.31. The Balaban J connectivity index is 2.49. The zero-order valence-corrected chi connectivity index (χ0v) is 19.8. The summed E-state index contributed by atoms with van der Waals surface area (Å²) in [6, 6.07) is 3.29. The van der Waals surface area contributed by atoms with E-state index in [9.17, 15) is 14.7 Å². The highest BCUT2D eigenvalue weighted by atomic mass is 16.5. The number of phenols is 1. The van der Waals surface area contributed by atoms with E-state index in [1.165, 1.54) is 6.07 Å². The molecule has 2 rings (SSSR count). The first-order valence-electron chi connectivity index (χ1n) is 11.3. The van der Waals surface area contributed by atoms with Crippen LogP contribution in [-0.2, 0) is 22.5 Å². The van der Waals surface area contributed by atoms with E-state index >= 15 is 0 Å². The van der Waals surface area contributed by atoms with Gasteiger partial charge in [0.1, 0.15) is 11.3 Å². The number of benzene rings is 1. The maximum atomic E-state index is 12.1. The van der Waals surface area contributed by atoms with Gasteiger partial charge in [0.2, 0.25) is 0 Å². The van der Waals surface area contributed by atoms with Crippen LogP contribution in [-0.4, -0.2) is 35.7 Å². The summed E-state index contributed by atoms with van der Waals surface area (Å²) >= 11 is 0. The quantitative estimate of drug-likeness (QED) is 0.406. The summed E-state index contributed by atoms with van der Waals surface area (Å²) < 4.78 is 10.7. The number of nitrogens with zero attached hydrogens (tertiary/aromatic N) is 1. The predicted octanol–water partition coefficient (Wildman–Crippen LogP) is 4.81. The highest BCUT2D eigenvalue weighted by Gasteiger charge is 2.21. The first-order chi connectivity index (χ1) is 14.6. The minimum atomic E-state index is -0.430. The summed E-state index contributed by atoms with van der Waals surface area (Å²) in [6.07, 6.45) is 1.33. The fourth-order valence-corrected chi connectivity index (χ4v) is 3.89. The lowest BCUT2D eigenvalue weighted by atomic mass is 9.97. The standard InChI is InChI=1S/C25H37NO5/c1-7-10-30-22(27)9-8-19-12-20-18(6)11-23(28)31-25(20)21(24(19)29)15-26(13-16(2)3)14-17(4)5/h11-12,16-17,29H,7-10,13-15H2,1-6H3. The molecular formula is C25H37NO5. The van der Waals surface area contributed by atoms with Crippen molar-refractivity contribution in [3.8, 4) is 5.75 Å². The van der Waals surface area contributed by atoms with Crippen molar-refractivity contribution in [1.29, 1.82) is 0 Å². The Hall–Kier alpha value is -2.34. The molecule has 0 aliphatic rings. The zero-order chi connectivity index (χ0) is 23.1. The fraction of sp³-hybridized carbons (Fsp3) is 0.600. The van der Waals surface area contributed by atoms with Crippen molar-refractivity contribution >= 4 is 16.9 Å². The van der Waals surface area contributed by atoms with Crippen LogP contribution in [0.1, 0.15) is 64.2 Å². The molecule has 0 amide bonds. The SMILES string of the molecule is CCCOC(=O)CCc1cc2c(C)cc(=O)oc2c(CN(CC(C)C)CC(C)C)c1O. The van der Waals surface area contributed by atoms with E-state index in [0.29, 0.717) is 48.1 Å². The molecule has 1 N–H and O–H groups in total. The molecule has 0 aliphatic heterocycles. The molecule has 0 unspecified atom stereocenters. The Morgan fingerprint density at radius 3 is 2.39 bits per heavy atom. The summed E-state index contributed by atoms with van der Waals surface area (Å²) in [5, 5.41) is 11.9. The van der Waals surface area contributed by atoms with Gasteiger partial charge in [0, 0.05) is 37.5 Å². The van der Waals surface area contributed by atoms with E-state index in [-0.39, 0.29) is 18.1 Å². The van der Waals surface area contributed by atoms with Gasteiger partial charge in [-0.15, -0.1) is 0 Å². The van der Waals surface area contributed by atoms with Gasteiger partial charge in [-0.05, 0) is 48.8 Å². The second kappa shape index (κ2) is 11.3. The lowest BCUT2D eigenvalue weighted by molar-refractivity contribution is -0.143. The van der Waals surface area contributed by atoms with Crippen molar-refractivity contribution in [2.45, 2.75) is 67.3 Å². The number of aryl methyl sites for hydroxylation is 2. The first-order valence-corrected chi connectivity index (χ1v) is 11.3. The van der Waals surface area contributed by atoms with Crippen molar-refractivity contribution < 1.29 is 19.1 Å². The van der Waals surface area contributed by atoms with Crippen LogP contribution >= 0.6 is 0 Å². The van der Waals surface area contributed by atoms with E-state index in [4.69, 9.17) is 9.15 Å². The van der Waals surface area contributed by atoms with Gasteiger partial charge in [-0.1, -0.05) is 34.6 Å². The molecule has 2 aromatic rings. The number of esters is 1. The molecule has 6 nitrogen and oxygen atoms in total. The number of fused-ring (bicyclic) bond motifs is 1. The number of hydrogen-bond acceptors (Lipinski definition) is 6. The van der Waals surface area contributed by atoms with Crippen LogP contribution < -0.4 is 5.63 Å². The number of carbonyl (C=O) groups is 1. The molecule has 172 valence electrons. The highest BCUT2D eigenvalue weighted by molar-refractivity contribution is 5.86. The molecule has 0 bridgehead atoms. The van der Waals surface area contributed by atoms with E-state index < -0.39 is 5.63 Å². The minimum Gasteiger partial charge on any atom is -0.507 e. The lowest BCUT2D eigenvalue weighted by Gasteiger charge is -2.27. The number of hydrogen-bond donors (Lipinski definition) is 1. The summed E-state index contributed by atoms with van der Waals surface area (Å²) in [7, 11) is 0. The molecular weight excluding hydrogens is 394 g/mol. The minimum absolute atomic E-state index is 0.0991. The Kier molecular flexibility index (Phi) is 9.11. The summed E-state index contributed by atoms with van der Waals surface area (Å²) in [6.45, 7) is 15.1. The molecule has 1 aromatic heterocycles. The van der Waals surface area contributed by atoms with Crippen molar-refractivity contribution in [2.75, 3.05) is 19.7 Å². The molecule has 0 radical (unpaired) electrons. The highest BCUT2D eigenvalue weighted by Crippen LogP contribution is 2.34. The third kappa shape index (κ3) is 7.10. The van der Waals surface area contributed by atoms with Crippen molar-refractivity contribution in [2.24, 2.45) is 11.8 Å². The van der Waals surface area contributed by atoms with Gasteiger partial charge in [-0.2, -0.15) is 0 Å². The fourth-order valence-electron chi connectivity index (χ4n) is 3.89. The molecule has 0 atom stereocenters. The monoisotopic (exact) mass is 431 g/mol. The topological polar surface area (TPSA) is 80.0 Å². The Morgan fingerprint density at radius 2 is 1.81 bits per heavy atom. The van der Waals surface area contributed by atoms with Crippen LogP contribution in [0.25, 0.3) is 11.0 Å². The number of ether oxygens (including phenoxy) is 1. The van der Waals surface area contributed by atoms with Gasteiger partial charge in [0.15, 0.2) is 0 Å². The van der Waals surface area contributed by atoms with E-state index in [1.807, 2.05) is 19.9 Å².